The molecule has 8 heavy (non-hydrogen) atoms. The highest BCUT2D eigenvalue weighted by Gasteiger charge is 2.50. The Labute approximate surface area is 49.7 Å². The monoisotopic (exact) mass is 112 g/mol. The zero-order valence-corrected chi connectivity index (χ0v) is 5.17. The lowest BCUT2D eigenvalue weighted by Gasteiger charge is -1.86. The van der Waals surface area contributed by atoms with E-state index in [9.17, 15) is 0 Å². The standard InChI is InChI=1S/C7H12O/c1-4-2-5(4)6-3-7(6)8/h4-8H,2-3H2,1H3/t4-,5?,6?,7?/m0/s1. The molecule has 3 unspecified atom stereocenters. The average molecular weight is 112 g/mol. The molecule has 0 spiro atoms. The Balaban J connectivity index is 1.86. The molecule has 1 heteroatoms. The highest BCUT2D eigenvalue weighted by Crippen LogP contribution is 2.53. The Morgan fingerprint density at radius 1 is 1.25 bits per heavy atom. The van der Waals surface area contributed by atoms with Crippen LogP contribution in [-0.4, -0.2) is 11.2 Å². The van der Waals surface area contributed by atoms with E-state index in [1.54, 1.807) is 0 Å². The molecule has 0 bridgehead atoms. The molecule has 2 aliphatic rings. The SMILES string of the molecule is C[C@H]1CC1C1CC1O. The molecule has 1 nitrogen and oxygen atoms in total. The summed E-state index contributed by atoms with van der Waals surface area (Å²) in [4.78, 5) is 0. The first-order chi connectivity index (χ1) is 3.79. The molecular weight excluding hydrogens is 100 g/mol. The van der Waals surface area contributed by atoms with E-state index in [-0.39, 0.29) is 6.10 Å². The zero-order valence-electron chi connectivity index (χ0n) is 5.17. The summed E-state index contributed by atoms with van der Waals surface area (Å²) >= 11 is 0. The summed E-state index contributed by atoms with van der Waals surface area (Å²) in [7, 11) is 0. The van der Waals surface area contributed by atoms with E-state index < -0.39 is 0 Å². The van der Waals surface area contributed by atoms with Crippen LogP contribution in [0.5, 0.6) is 0 Å². The largest absolute Gasteiger partial charge is 0.393 e. The van der Waals surface area contributed by atoms with Gasteiger partial charge in [-0.1, -0.05) is 6.92 Å². The second-order valence-electron chi connectivity index (χ2n) is 3.34. The molecule has 2 saturated carbocycles. The van der Waals surface area contributed by atoms with E-state index in [0.29, 0.717) is 5.92 Å². The normalized spacial score (nSPS) is 60.8. The molecule has 2 rings (SSSR count). The fourth-order valence-electron chi connectivity index (χ4n) is 1.61. The maximum absolute atomic E-state index is 8.95. The van der Waals surface area contributed by atoms with Gasteiger partial charge in [-0.2, -0.15) is 0 Å². The van der Waals surface area contributed by atoms with Crippen LogP contribution in [0.1, 0.15) is 19.8 Å². The molecule has 2 aliphatic carbocycles. The predicted octanol–water partition coefficient (Wildman–Crippen LogP) is 1.02. The van der Waals surface area contributed by atoms with Crippen LogP contribution in [-0.2, 0) is 0 Å². The van der Waals surface area contributed by atoms with E-state index in [4.69, 9.17) is 5.11 Å². The van der Waals surface area contributed by atoms with Crippen molar-refractivity contribution in [3.63, 3.8) is 0 Å². The summed E-state index contributed by atoms with van der Waals surface area (Å²) in [5.74, 6) is 2.55. The Kier molecular flexibility index (Phi) is 0.762. The minimum Gasteiger partial charge on any atom is -0.393 e. The Morgan fingerprint density at radius 3 is 1.88 bits per heavy atom. The maximum atomic E-state index is 8.95. The van der Waals surface area contributed by atoms with E-state index >= 15 is 0 Å². The van der Waals surface area contributed by atoms with E-state index in [1.807, 2.05) is 0 Å². The van der Waals surface area contributed by atoms with Gasteiger partial charge in [0.1, 0.15) is 0 Å². The quantitative estimate of drug-likeness (QED) is 0.537. The number of hydrogen-bond acceptors (Lipinski definition) is 1. The molecule has 0 aromatic rings. The molecule has 46 valence electrons. The van der Waals surface area contributed by atoms with Gasteiger partial charge in [0.05, 0.1) is 6.10 Å². The van der Waals surface area contributed by atoms with Crippen LogP contribution >= 0.6 is 0 Å². The highest BCUT2D eigenvalue weighted by atomic mass is 16.3. The third-order valence-electron chi connectivity index (χ3n) is 2.53. The molecule has 0 heterocycles. The molecule has 0 aliphatic heterocycles. The van der Waals surface area contributed by atoms with Gasteiger partial charge in [-0.3, -0.25) is 0 Å². The minimum atomic E-state index is 0.0879. The van der Waals surface area contributed by atoms with Gasteiger partial charge in [0, 0.05) is 0 Å². The second kappa shape index (κ2) is 1.27. The number of aliphatic hydroxyl groups is 1. The molecule has 0 amide bonds. The van der Waals surface area contributed by atoms with Crippen molar-refractivity contribution in [1.82, 2.24) is 0 Å². The van der Waals surface area contributed by atoms with Crippen molar-refractivity contribution in [2.24, 2.45) is 17.8 Å². The topological polar surface area (TPSA) is 20.2 Å². The summed E-state index contributed by atoms with van der Waals surface area (Å²) in [6.45, 7) is 2.27. The van der Waals surface area contributed by atoms with Crippen LogP contribution in [0, 0.1) is 17.8 Å². The predicted molar refractivity (Wildman–Crippen MR) is 31.4 cm³/mol. The lowest BCUT2D eigenvalue weighted by atomic mass is 10.2. The van der Waals surface area contributed by atoms with Gasteiger partial charge in [0.2, 0.25) is 0 Å². The molecule has 0 saturated heterocycles. The van der Waals surface area contributed by atoms with E-state index in [0.717, 1.165) is 18.3 Å². The van der Waals surface area contributed by atoms with E-state index in [2.05, 4.69) is 6.92 Å². The fraction of sp³-hybridized carbons (Fsp3) is 1.00. The average Bonchev–Trinajstić information content (AvgIpc) is 2.47. The van der Waals surface area contributed by atoms with Gasteiger partial charge in [-0.15, -0.1) is 0 Å². The number of aliphatic hydroxyl groups excluding tert-OH is 1. The summed E-state index contributed by atoms with van der Waals surface area (Å²) in [5, 5.41) is 8.95. The van der Waals surface area contributed by atoms with Gasteiger partial charge in [-0.25, -0.2) is 0 Å². The Morgan fingerprint density at radius 2 is 1.75 bits per heavy atom. The van der Waals surface area contributed by atoms with Crippen LogP contribution in [0.2, 0.25) is 0 Å². The van der Waals surface area contributed by atoms with Crippen LogP contribution < -0.4 is 0 Å². The molecular formula is C7H12O. The van der Waals surface area contributed by atoms with Gasteiger partial charge in [0.15, 0.2) is 0 Å². The van der Waals surface area contributed by atoms with Gasteiger partial charge in [-0.05, 0) is 30.6 Å². The van der Waals surface area contributed by atoms with Crippen molar-refractivity contribution in [2.45, 2.75) is 25.9 Å². The smallest absolute Gasteiger partial charge is 0.0575 e. The van der Waals surface area contributed by atoms with Crippen LogP contribution in [0.15, 0.2) is 0 Å². The second-order valence-corrected chi connectivity index (χ2v) is 3.34. The van der Waals surface area contributed by atoms with Crippen molar-refractivity contribution in [1.29, 1.82) is 0 Å². The first-order valence-electron chi connectivity index (χ1n) is 3.47. The Hall–Kier alpha value is -0.0400. The molecule has 0 aromatic heterocycles. The molecule has 0 radical (unpaired) electrons. The van der Waals surface area contributed by atoms with Crippen molar-refractivity contribution < 1.29 is 5.11 Å². The van der Waals surface area contributed by atoms with E-state index in [1.165, 1.54) is 6.42 Å². The molecule has 1 N–H and O–H groups in total. The molecule has 0 aromatic carbocycles. The van der Waals surface area contributed by atoms with Gasteiger partial charge < -0.3 is 5.11 Å². The van der Waals surface area contributed by atoms with Crippen molar-refractivity contribution in [3.8, 4) is 0 Å². The summed E-state index contributed by atoms with van der Waals surface area (Å²) in [6.07, 6.45) is 2.56. The zero-order chi connectivity index (χ0) is 5.72. The molecule has 4 atom stereocenters. The van der Waals surface area contributed by atoms with Gasteiger partial charge >= 0.3 is 0 Å². The summed E-state index contributed by atoms with van der Waals surface area (Å²) in [6, 6.07) is 0. The van der Waals surface area contributed by atoms with Crippen molar-refractivity contribution >= 4 is 0 Å². The van der Waals surface area contributed by atoms with Crippen molar-refractivity contribution in [3.05, 3.63) is 0 Å². The first-order valence-corrected chi connectivity index (χ1v) is 3.47. The van der Waals surface area contributed by atoms with Gasteiger partial charge in [0.25, 0.3) is 0 Å². The van der Waals surface area contributed by atoms with Crippen LogP contribution in [0.3, 0.4) is 0 Å². The minimum absolute atomic E-state index is 0.0879. The number of hydrogen-bond donors (Lipinski definition) is 1. The lowest BCUT2D eigenvalue weighted by molar-refractivity contribution is 0.252. The fourth-order valence-corrected chi connectivity index (χ4v) is 1.61. The third-order valence-corrected chi connectivity index (χ3v) is 2.53. The summed E-state index contributed by atoms with van der Waals surface area (Å²) < 4.78 is 0. The molecule has 2 fully saturated rings. The van der Waals surface area contributed by atoms with Crippen LogP contribution in [0.4, 0.5) is 0 Å². The third kappa shape index (κ3) is 0.576. The number of rotatable bonds is 1. The highest BCUT2D eigenvalue weighted by molar-refractivity contribution is 5.00. The lowest BCUT2D eigenvalue weighted by Crippen LogP contribution is -1.88. The summed E-state index contributed by atoms with van der Waals surface area (Å²) in [5.41, 5.74) is 0. The maximum Gasteiger partial charge on any atom is 0.0575 e. The Bertz CT molecular complexity index is 97.0. The van der Waals surface area contributed by atoms with Crippen molar-refractivity contribution in [2.75, 3.05) is 0 Å². The first kappa shape index (κ1) is 4.80. The van der Waals surface area contributed by atoms with Crippen LogP contribution in [0.25, 0.3) is 0 Å².